The van der Waals surface area contributed by atoms with Crippen LogP contribution in [0.4, 0.5) is 62.6 Å². The van der Waals surface area contributed by atoms with Gasteiger partial charge in [0.15, 0.2) is 0 Å². The normalized spacial score (nSPS) is 12.6. The fourth-order valence-electron chi connectivity index (χ4n) is 22.7. The van der Waals surface area contributed by atoms with Gasteiger partial charge >= 0.3 is 0 Å². The summed E-state index contributed by atoms with van der Waals surface area (Å²) in [5.74, 6) is 0. The van der Waals surface area contributed by atoms with Gasteiger partial charge in [-0.3, -0.25) is 0 Å². The van der Waals surface area contributed by atoms with Crippen molar-refractivity contribution in [2.45, 2.75) is 25.7 Å². The Balaban J connectivity index is 0.000000129. The molecule has 0 radical (unpaired) electrons. The molecule has 2 aliphatic heterocycles. The first-order valence-corrected chi connectivity index (χ1v) is 48.5. The highest BCUT2D eigenvalue weighted by Crippen LogP contribution is 2.67. The maximum Gasteiger partial charge on any atom is 0.135 e. The van der Waals surface area contributed by atoms with E-state index < -0.39 is 10.8 Å². The quantitative estimate of drug-likeness (QED) is 0.124. The third-order valence-corrected chi connectivity index (χ3v) is 29.1. The zero-order chi connectivity index (χ0) is 93.5. The highest BCUT2D eigenvalue weighted by Gasteiger charge is 2.54. The van der Waals surface area contributed by atoms with Crippen molar-refractivity contribution in [3.8, 4) is 89.0 Å². The fourth-order valence-corrected chi connectivity index (χ4v) is 22.9. The van der Waals surface area contributed by atoms with E-state index >= 15 is 0 Å². The number of benzene rings is 22. The van der Waals surface area contributed by atoms with Gasteiger partial charge in [-0.25, -0.2) is 0 Å². The van der Waals surface area contributed by atoms with E-state index in [1.54, 1.807) is 0 Å². The summed E-state index contributed by atoms with van der Waals surface area (Å²) in [6.07, 6.45) is 0. The number of nitrogens with zero attached hydrogens (tertiary/aromatic N) is 3. The van der Waals surface area contributed by atoms with Gasteiger partial charge in [-0.1, -0.05) is 403 Å². The smallest absolute Gasteiger partial charge is 0.135 e. The van der Waals surface area contributed by atoms with Crippen LogP contribution in [0.15, 0.2) is 543 Å². The van der Waals surface area contributed by atoms with Crippen molar-refractivity contribution in [3.63, 3.8) is 0 Å². The molecule has 0 bridgehead atoms. The summed E-state index contributed by atoms with van der Waals surface area (Å²) in [5.41, 5.74) is 44.7. The Hall–Kier alpha value is -18.1. The predicted octanol–water partition coefficient (Wildman–Crippen LogP) is 38.3. The minimum Gasteiger partial charge on any atom is -0.456 e. The van der Waals surface area contributed by atoms with Gasteiger partial charge in [-0.05, 0) is 291 Å². The first-order chi connectivity index (χ1) is 69.8. The molecule has 0 atom stereocenters. The molecular formula is C136H97ClN4O2. The van der Waals surface area contributed by atoms with E-state index in [1.807, 2.05) is 30.3 Å². The molecule has 4 aliphatic rings. The number of fused-ring (bicyclic) bond motifs is 24. The van der Waals surface area contributed by atoms with E-state index in [2.05, 4.69) is 524 Å². The van der Waals surface area contributed by atoms with Crippen molar-refractivity contribution in [1.29, 1.82) is 0 Å². The fraction of sp³-hybridized carbons (Fsp3) is 0.0294. The maximum atomic E-state index is 6.66. The zero-order valence-corrected chi connectivity index (χ0v) is 77.6. The van der Waals surface area contributed by atoms with Gasteiger partial charge in [0.1, 0.15) is 22.3 Å². The van der Waals surface area contributed by atoms with Gasteiger partial charge in [0.05, 0.1) is 33.6 Å². The summed E-state index contributed by atoms with van der Waals surface area (Å²) < 4.78 is 12.9. The molecule has 24 aromatic rings. The minimum atomic E-state index is -0.538. The Morgan fingerprint density at radius 1 is 0.203 bits per heavy atom. The Morgan fingerprint density at radius 2 is 0.462 bits per heavy atom. The second kappa shape index (κ2) is 36.7. The van der Waals surface area contributed by atoms with E-state index in [1.165, 1.54) is 145 Å². The van der Waals surface area contributed by atoms with Crippen LogP contribution in [-0.2, 0) is 10.8 Å². The Bertz CT molecular complexity index is 8620. The molecule has 28 rings (SSSR count). The van der Waals surface area contributed by atoms with Crippen molar-refractivity contribution in [1.82, 2.24) is 0 Å². The largest absolute Gasteiger partial charge is 0.456 e. The molecule has 0 fully saturated rings. The average Bonchev–Trinajstić information content (AvgIpc) is 1.52. The molecule has 2 spiro atoms. The minimum absolute atomic E-state index is 0. The van der Waals surface area contributed by atoms with Crippen molar-refractivity contribution < 1.29 is 8.83 Å². The van der Waals surface area contributed by atoms with Gasteiger partial charge in [0.2, 0.25) is 0 Å². The van der Waals surface area contributed by atoms with Crippen molar-refractivity contribution in [2.75, 3.05) is 20.0 Å². The summed E-state index contributed by atoms with van der Waals surface area (Å²) in [4.78, 5) is 7.21. The molecule has 143 heavy (non-hydrogen) atoms. The second-order valence-electron chi connectivity index (χ2n) is 36.6. The van der Waals surface area contributed by atoms with Gasteiger partial charge in [-0.2, -0.15) is 0 Å². The summed E-state index contributed by atoms with van der Waals surface area (Å²) in [6, 6.07) is 192. The molecule has 4 heterocycles. The SMILES string of the molecule is C.C.Clc1ccc2oc3ccc(-c4cccc5c4-c4ccccc4C54c5ccccc5N(c5ccccc5)c5ccccc54)cc3c2c1.c1ccc(-c2ccc(N(c3ccc(-c4ccccc4)cc3)c3ccc4oc5ccc(-c6cccc7c6-c6ccccc6C76c7ccccc7N(c7ccccc7)c7ccccc76)cc5c4c3)cc2)cc1.c1ccc(-c2ccc(Nc3ccc(-c4ccccc4)cc3)cc2)cc1. The van der Waals surface area contributed by atoms with E-state index in [-0.39, 0.29) is 14.9 Å². The van der Waals surface area contributed by atoms with Crippen LogP contribution in [0, 0.1) is 0 Å². The Labute approximate surface area is 838 Å². The monoisotopic (exact) mass is 1850 g/mol. The van der Waals surface area contributed by atoms with Crippen molar-refractivity contribution in [2.24, 2.45) is 0 Å². The average molecular weight is 1850 g/mol. The van der Waals surface area contributed by atoms with E-state index in [0.29, 0.717) is 5.02 Å². The maximum absolute atomic E-state index is 6.66. The van der Waals surface area contributed by atoms with Crippen molar-refractivity contribution >= 4 is 118 Å². The second-order valence-corrected chi connectivity index (χ2v) is 37.0. The third kappa shape index (κ3) is 14.9. The number of nitrogens with one attached hydrogen (secondary N) is 1. The van der Waals surface area contributed by atoms with Crippen LogP contribution in [0.3, 0.4) is 0 Å². The zero-order valence-electron chi connectivity index (χ0n) is 76.8. The predicted molar refractivity (Wildman–Crippen MR) is 600 cm³/mol. The molecule has 0 saturated heterocycles. The van der Waals surface area contributed by atoms with Crippen LogP contribution in [-0.4, -0.2) is 0 Å². The molecule has 1 N–H and O–H groups in total. The van der Waals surface area contributed by atoms with Crippen LogP contribution < -0.4 is 20.0 Å². The molecule has 0 saturated carbocycles. The van der Waals surface area contributed by atoms with Gasteiger partial charge in [0, 0.05) is 66.4 Å². The molecular weight excluding hydrogens is 1760 g/mol. The lowest BCUT2D eigenvalue weighted by Gasteiger charge is -2.45. The molecule has 22 aromatic carbocycles. The van der Waals surface area contributed by atoms with E-state index in [9.17, 15) is 0 Å². The molecule has 0 unspecified atom stereocenters. The highest BCUT2D eigenvalue weighted by atomic mass is 35.5. The van der Waals surface area contributed by atoms with Crippen LogP contribution >= 0.6 is 11.6 Å². The van der Waals surface area contributed by atoms with Gasteiger partial charge in [-0.15, -0.1) is 0 Å². The van der Waals surface area contributed by atoms with E-state index in [4.69, 9.17) is 20.4 Å². The molecule has 0 amide bonds. The topological polar surface area (TPSA) is 48.0 Å². The number of hydrogen-bond acceptors (Lipinski definition) is 6. The summed E-state index contributed by atoms with van der Waals surface area (Å²) in [5, 5.41) is 8.42. The van der Waals surface area contributed by atoms with Crippen LogP contribution in [0.25, 0.3) is 133 Å². The first-order valence-electron chi connectivity index (χ1n) is 48.2. The van der Waals surface area contributed by atoms with Crippen LogP contribution in [0.1, 0.15) is 59.4 Å². The number of para-hydroxylation sites is 6. The van der Waals surface area contributed by atoms with Crippen LogP contribution in [0.5, 0.6) is 0 Å². The number of hydrogen-bond donors (Lipinski definition) is 1. The number of anilines is 11. The summed E-state index contributed by atoms with van der Waals surface area (Å²) in [7, 11) is 0. The number of rotatable bonds is 13. The molecule has 6 nitrogen and oxygen atoms in total. The lowest BCUT2D eigenvalue weighted by atomic mass is 9.64. The first kappa shape index (κ1) is 87.7. The molecule has 7 heteroatoms. The Morgan fingerprint density at radius 3 is 0.825 bits per heavy atom. The van der Waals surface area contributed by atoms with Crippen LogP contribution in [0.2, 0.25) is 5.02 Å². The van der Waals surface area contributed by atoms with Crippen molar-refractivity contribution in [3.05, 3.63) is 583 Å². The summed E-state index contributed by atoms with van der Waals surface area (Å²) >= 11 is 6.44. The standard InChI is InChI=1S/C67H44N2O.C43H26ClNO.C24H19N.2CH4/c1-4-17-45(18-5-1)47-31-36-51(37-32-47)68(52-38-33-48(34-39-52)46-19-6-2-7-20-46)53-40-42-65-57(44-53)56-43-49(35-41-64(56)70-65)54-24-16-28-61-66(54)55-23-10-11-25-58(55)67(61)59-26-12-14-29-62(59)69(50-21-8-3-9-22-50)63-30-15-13-27-60(63)67;44-28-22-24-41-33(26-28)32-25-27(21-23-40(32)46-41)30-14-10-18-37-42(30)31-13-4-5-15-34(31)43(37)35-16-6-8-19-38(35)45(29-11-2-1-3-12-29)39-20-9-7-17-36(39)43;1-3-7-19(8-4-1)21-11-15-23(16-12-21)25-24-17-13-22(14-18-24)20-9-5-2-6-10-20;;/h1-44H;1-26H;1-18,25H;2*1H4. The molecule has 2 aromatic heterocycles. The lowest BCUT2D eigenvalue weighted by molar-refractivity contribution is 0.668. The van der Waals surface area contributed by atoms with Gasteiger partial charge in [0.25, 0.3) is 0 Å². The van der Waals surface area contributed by atoms with Gasteiger partial charge < -0.3 is 28.9 Å². The summed E-state index contributed by atoms with van der Waals surface area (Å²) in [6.45, 7) is 0. The highest BCUT2D eigenvalue weighted by molar-refractivity contribution is 6.32. The lowest BCUT2D eigenvalue weighted by Crippen LogP contribution is -2.36. The number of furan rings is 2. The molecule has 2 aliphatic carbocycles. The third-order valence-electron chi connectivity index (χ3n) is 28.9. The number of halogens is 1. The Kier molecular flexibility index (Phi) is 22.5. The van der Waals surface area contributed by atoms with E-state index in [0.717, 1.165) is 94.8 Å². The molecule has 680 valence electrons.